The number of amides is 1. The molecule has 0 radical (unpaired) electrons. The molecule has 2 fully saturated rings. The maximum Gasteiger partial charge on any atom is 0.240 e. The maximum atomic E-state index is 12.4. The fourth-order valence-corrected chi connectivity index (χ4v) is 2.57. The molecule has 0 aromatic heterocycles. The molecule has 0 aromatic rings. The lowest BCUT2D eigenvalue weighted by Crippen LogP contribution is -2.53. The van der Waals surface area contributed by atoms with Gasteiger partial charge in [0.25, 0.3) is 0 Å². The van der Waals surface area contributed by atoms with Crippen LogP contribution < -0.4 is 0 Å². The van der Waals surface area contributed by atoms with Gasteiger partial charge >= 0.3 is 0 Å². The highest BCUT2D eigenvalue weighted by Gasteiger charge is 2.31. The first-order valence-electron chi connectivity index (χ1n) is 6.37. The first-order chi connectivity index (χ1) is 8.33. The minimum atomic E-state index is -0.00194. The third-order valence-electron chi connectivity index (χ3n) is 3.52. The zero-order chi connectivity index (χ0) is 12.1. The lowest BCUT2D eigenvalue weighted by Gasteiger charge is -2.37. The van der Waals surface area contributed by atoms with E-state index in [0.29, 0.717) is 19.8 Å². The van der Waals surface area contributed by atoms with Gasteiger partial charge in [0.15, 0.2) is 0 Å². The molecule has 2 aliphatic rings. The first kappa shape index (κ1) is 12.4. The zero-order valence-electron chi connectivity index (χ0n) is 10.2. The van der Waals surface area contributed by atoms with Gasteiger partial charge in [-0.05, 0) is 19.4 Å². The lowest BCUT2D eigenvalue weighted by atomic mass is 10.0. The highest BCUT2D eigenvalue weighted by atomic mass is 16.5. The Morgan fingerprint density at radius 1 is 1.29 bits per heavy atom. The Kier molecular flexibility index (Phi) is 4.41. The van der Waals surface area contributed by atoms with Crippen molar-refractivity contribution in [2.75, 3.05) is 39.4 Å². The summed E-state index contributed by atoms with van der Waals surface area (Å²) in [6, 6.07) is -0.00194. The van der Waals surface area contributed by atoms with E-state index < -0.39 is 0 Å². The first-order valence-corrected chi connectivity index (χ1v) is 6.37. The van der Waals surface area contributed by atoms with Gasteiger partial charge in [0.05, 0.1) is 25.8 Å². The zero-order valence-corrected chi connectivity index (χ0v) is 10.2. The molecular weight excluding hydrogens is 216 g/mol. The Morgan fingerprint density at radius 2 is 2.06 bits per heavy atom. The molecule has 0 bridgehead atoms. The second-order valence-corrected chi connectivity index (χ2v) is 4.62. The normalized spacial score (nSPS) is 26.5. The molecule has 1 atom stereocenters. The fourth-order valence-electron chi connectivity index (χ4n) is 2.57. The van der Waals surface area contributed by atoms with Gasteiger partial charge in [0.2, 0.25) is 5.91 Å². The van der Waals surface area contributed by atoms with Crippen LogP contribution in [-0.2, 0) is 9.53 Å². The molecular formula is C13H20N2O2. The van der Waals surface area contributed by atoms with Gasteiger partial charge in [-0.15, -0.1) is 6.42 Å². The molecule has 4 heteroatoms. The van der Waals surface area contributed by atoms with E-state index in [1.807, 2.05) is 4.90 Å². The smallest absolute Gasteiger partial charge is 0.240 e. The average molecular weight is 236 g/mol. The Bertz CT molecular complexity index is 305. The third-order valence-corrected chi connectivity index (χ3v) is 3.52. The predicted molar refractivity (Wildman–Crippen MR) is 65.4 cm³/mol. The summed E-state index contributed by atoms with van der Waals surface area (Å²) in [7, 11) is 0. The van der Waals surface area contributed by atoms with E-state index in [0.717, 1.165) is 38.9 Å². The van der Waals surface area contributed by atoms with Crippen molar-refractivity contribution in [3.8, 4) is 12.3 Å². The highest BCUT2D eigenvalue weighted by molar-refractivity contribution is 5.82. The molecule has 0 N–H and O–H groups in total. The number of carbonyl (C=O) groups excluding carboxylic acids is 1. The van der Waals surface area contributed by atoms with E-state index in [9.17, 15) is 4.79 Å². The quantitative estimate of drug-likeness (QED) is 0.648. The van der Waals surface area contributed by atoms with Crippen molar-refractivity contribution < 1.29 is 9.53 Å². The molecule has 1 amide bonds. The van der Waals surface area contributed by atoms with Crippen molar-refractivity contribution in [2.45, 2.75) is 25.3 Å². The molecule has 2 saturated heterocycles. The van der Waals surface area contributed by atoms with Crippen LogP contribution in [0.4, 0.5) is 0 Å². The van der Waals surface area contributed by atoms with Gasteiger partial charge in [-0.3, -0.25) is 9.69 Å². The van der Waals surface area contributed by atoms with Crippen LogP contribution in [0.5, 0.6) is 0 Å². The van der Waals surface area contributed by atoms with Crippen LogP contribution in [0.3, 0.4) is 0 Å². The van der Waals surface area contributed by atoms with Crippen LogP contribution >= 0.6 is 0 Å². The molecule has 0 saturated carbocycles. The van der Waals surface area contributed by atoms with Crippen molar-refractivity contribution in [3.05, 3.63) is 0 Å². The van der Waals surface area contributed by atoms with Gasteiger partial charge < -0.3 is 9.64 Å². The molecule has 17 heavy (non-hydrogen) atoms. The number of likely N-dealkylation sites (tertiary alicyclic amines) is 1. The minimum absolute atomic E-state index is 0.00194. The van der Waals surface area contributed by atoms with Crippen molar-refractivity contribution in [1.29, 1.82) is 0 Å². The summed E-state index contributed by atoms with van der Waals surface area (Å²) in [4.78, 5) is 16.5. The number of hydrogen-bond donors (Lipinski definition) is 0. The number of piperidine rings is 1. The molecule has 4 nitrogen and oxygen atoms in total. The Hall–Kier alpha value is -1.05. The second kappa shape index (κ2) is 6.04. The van der Waals surface area contributed by atoms with Crippen LogP contribution in [0.2, 0.25) is 0 Å². The summed E-state index contributed by atoms with van der Waals surface area (Å²) < 4.78 is 5.27. The summed E-state index contributed by atoms with van der Waals surface area (Å²) in [5.41, 5.74) is 0. The van der Waals surface area contributed by atoms with E-state index in [1.165, 1.54) is 0 Å². The average Bonchev–Trinajstić information content (AvgIpc) is 2.40. The van der Waals surface area contributed by atoms with Crippen molar-refractivity contribution in [1.82, 2.24) is 9.80 Å². The molecule has 2 rings (SSSR count). The van der Waals surface area contributed by atoms with Gasteiger partial charge in [-0.25, -0.2) is 0 Å². The molecule has 2 aliphatic heterocycles. The third kappa shape index (κ3) is 2.99. The van der Waals surface area contributed by atoms with E-state index in [4.69, 9.17) is 11.2 Å². The fraction of sp³-hybridized carbons (Fsp3) is 0.769. The van der Waals surface area contributed by atoms with E-state index in [2.05, 4.69) is 10.8 Å². The summed E-state index contributed by atoms with van der Waals surface area (Å²) >= 11 is 0. The van der Waals surface area contributed by atoms with Crippen molar-refractivity contribution in [2.24, 2.45) is 0 Å². The minimum Gasteiger partial charge on any atom is -0.378 e. The van der Waals surface area contributed by atoms with E-state index >= 15 is 0 Å². The summed E-state index contributed by atoms with van der Waals surface area (Å²) in [5.74, 6) is 2.89. The topological polar surface area (TPSA) is 32.8 Å². The van der Waals surface area contributed by atoms with Crippen molar-refractivity contribution in [3.63, 3.8) is 0 Å². The summed E-state index contributed by atoms with van der Waals surface area (Å²) in [5, 5.41) is 0. The molecule has 0 aromatic carbocycles. The number of rotatable bonds is 2. The number of ether oxygens (including phenoxy) is 1. The van der Waals surface area contributed by atoms with Crippen molar-refractivity contribution >= 4 is 5.91 Å². The van der Waals surface area contributed by atoms with Gasteiger partial charge in [-0.2, -0.15) is 0 Å². The highest BCUT2D eigenvalue weighted by Crippen LogP contribution is 2.19. The van der Waals surface area contributed by atoms with Crippen LogP contribution in [0.25, 0.3) is 0 Å². The van der Waals surface area contributed by atoms with Crippen LogP contribution in [0.15, 0.2) is 0 Å². The largest absolute Gasteiger partial charge is 0.378 e. The number of terminal acetylenes is 1. The molecule has 94 valence electrons. The van der Waals surface area contributed by atoms with E-state index in [1.54, 1.807) is 0 Å². The van der Waals surface area contributed by atoms with Crippen LogP contribution in [0, 0.1) is 12.3 Å². The maximum absolute atomic E-state index is 12.4. The number of nitrogens with zero attached hydrogens (tertiary/aromatic N) is 2. The standard InChI is InChI=1S/C13H20N2O2/c1-2-6-14-7-4-3-5-12(14)13(16)15-8-10-17-11-9-15/h1,12H,3-11H2. The molecule has 0 aliphatic carbocycles. The lowest BCUT2D eigenvalue weighted by molar-refractivity contribution is -0.142. The van der Waals surface area contributed by atoms with Crippen LogP contribution in [0.1, 0.15) is 19.3 Å². The Morgan fingerprint density at radius 3 is 2.76 bits per heavy atom. The number of morpholine rings is 1. The summed E-state index contributed by atoms with van der Waals surface area (Å²) in [6.45, 7) is 4.30. The molecule has 2 heterocycles. The SMILES string of the molecule is C#CCN1CCCCC1C(=O)N1CCOCC1. The van der Waals surface area contributed by atoms with Gasteiger partial charge in [0.1, 0.15) is 0 Å². The van der Waals surface area contributed by atoms with Gasteiger partial charge in [0, 0.05) is 13.1 Å². The summed E-state index contributed by atoms with van der Waals surface area (Å²) in [6.07, 6.45) is 8.58. The molecule has 1 unspecified atom stereocenters. The predicted octanol–water partition coefficient (Wildman–Crippen LogP) is 0.333. The monoisotopic (exact) mass is 236 g/mol. The Labute approximate surface area is 103 Å². The van der Waals surface area contributed by atoms with Gasteiger partial charge in [-0.1, -0.05) is 12.3 Å². The van der Waals surface area contributed by atoms with E-state index in [-0.39, 0.29) is 11.9 Å². The molecule has 0 spiro atoms. The Balaban J connectivity index is 1.97. The number of hydrogen-bond acceptors (Lipinski definition) is 3. The second-order valence-electron chi connectivity index (χ2n) is 4.62. The van der Waals surface area contributed by atoms with Crippen LogP contribution in [-0.4, -0.2) is 61.1 Å². The number of carbonyl (C=O) groups is 1.